The molecule has 2 fully saturated rings. The normalized spacial score (nSPS) is 29.7. The van der Waals surface area contributed by atoms with Gasteiger partial charge in [0, 0.05) is 13.2 Å². The predicted molar refractivity (Wildman–Crippen MR) is 62.8 cm³/mol. The van der Waals surface area contributed by atoms with Gasteiger partial charge in [-0.3, -0.25) is 0 Å². The van der Waals surface area contributed by atoms with Gasteiger partial charge in [0.2, 0.25) is 5.82 Å². The van der Waals surface area contributed by atoms with Gasteiger partial charge >= 0.3 is 0 Å². The van der Waals surface area contributed by atoms with Crippen LogP contribution in [0.2, 0.25) is 0 Å². The van der Waals surface area contributed by atoms with E-state index in [-0.39, 0.29) is 6.10 Å². The fourth-order valence-electron chi connectivity index (χ4n) is 2.40. The highest BCUT2D eigenvalue weighted by Gasteiger charge is 2.41. The van der Waals surface area contributed by atoms with Crippen molar-refractivity contribution in [2.45, 2.75) is 37.9 Å². The van der Waals surface area contributed by atoms with E-state index in [2.05, 4.69) is 15.5 Å². The fraction of sp³-hybridized carbons (Fsp3) is 0.833. The zero-order chi connectivity index (χ0) is 12.6. The average Bonchev–Trinajstić information content (AvgIpc) is 2.89. The number of ether oxygens (including phenoxy) is 1. The first-order valence-electron chi connectivity index (χ1n) is 6.62. The minimum absolute atomic E-state index is 0.0783. The number of β-amino-alcohol motifs (C(OH)–C–C–N with tert-alkyl or cyclic N) is 1. The van der Waals surface area contributed by atoms with Crippen LogP contribution >= 0.6 is 0 Å². The molecule has 18 heavy (non-hydrogen) atoms. The van der Waals surface area contributed by atoms with E-state index in [1.807, 2.05) is 6.92 Å². The lowest BCUT2D eigenvalue weighted by Crippen LogP contribution is -2.28. The van der Waals surface area contributed by atoms with Crippen LogP contribution in [-0.4, -0.2) is 34.9 Å². The average molecular weight is 253 g/mol. The topological polar surface area (TPSA) is 80.4 Å². The second kappa shape index (κ2) is 4.60. The summed E-state index contributed by atoms with van der Waals surface area (Å²) in [7, 11) is 0. The monoisotopic (exact) mass is 253 g/mol. The Hall–Kier alpha value is -0.980. The number of aliphatic hydroxyl groups is 1. The van der Waals surface area contributed by atoms with E-state index in [0.717, 1.165) is 19.4 Å². The van der Waals surface area contributed by atoms with Gasteiger partial charge in [-0.15, -0.1) is 0 Å². The Morgan fingerprint density at radius 3 is 3.06 bits per heavy atom. The maximum absolute atomic E-state index is 10.3. The molecule has 2 N–H and O–H groups in total. The molecule has 1 aromatic heterocycles. The molecule has 1 aliphatic heterocycles. The van der Waals surface area contributed by atoms with E-state index in [4.69, 9.17) is 9.26 Å². The van der Waals surface area contributed by atoms with Crippen LogP contribution in [0.3, 0.4) is 0 Å². The lowest BCUT2D eigenvalue weighted by molar-refractivity contribution is 0.0242. The molecule has 2 unspecified atom stereocenters. The minimum Gasteiger partial charge on any atom is -0.379 e. The molecule has 0 amide bonds. The van der Waals surface area contributed by atoms with Gasteiger partial charge in [0.15, 0.2) is 5.60 Å². The molecule has 0 radical (unpaired) electrons. The van der Waals surface area contributed by atoms with Crippen LogP contribution in [0.1, 0.15) is 44.0 Å². The second-order valence-electron chi connectivity index (χ2n) is 5.13. The SMILES string of the molecule is CCOC(c1noc(C2(O)CCNC2)n1)C1CC1. The van der Waals surface area contributed by atoms with Crippen molar-refractivity contribution in [3.8, 4) is 0 Å². The third-order valence-electron chi connectivity index (χ3n) is 3.62. The first-order valence-corrected chi connectivity index (χ1v) is 6.62. The lowest BCUT2D eigenvalue weighted by Gasteiger charge is -2.15. The van der Waals surface area contributed by atoms with Crippen LogP contribution in [0.5, 0.6) is 0 Å². The molecule has 2 atom stereocenters. The van der Waals surface area contributed by atoms with E-state index in [1.54, 1.807) is 0 Å². The smallest absolute Gasteiger partial charge is 0.260 e. The molecule has 0 bridgehead atoms. The summed E-state index contributed by atoms with van der Waals surface area (Å²) in [5.41, 5.74) is -1.01. The highest BCUT2D eigenvalue weighted by Crippen LogP contribution is 2.42. The number of nitrogens with one attached hydrogen (secondary N) is 1. The Kier molecular flexibility index (Phi) is 3.09. The van der Waals surface area contributed by atoms with Gasteiger partial charge in [0.1, 0.15) is 6.10 Å². The van der Waals surface area contributed by atoms with Gasteiger partial charge < -0.3 is 19.7 Å². The molecule has 6 nitrogen and oxygen atoms in total. The van der Waals surface area contributed by atoms with Crippen LogP contribution in [0.4, 0.5) is 0 Å². The van der Waals surface area contributed by atoms with Crippen molar-refractivity contribution in [3.05, 3.63) is 11.7 Å². The molecule has 0 aromatic carbocycles. The predicted octanol–water partition coefficient (Wildman–Crippen LogP) is 0.738. The highest BCUT2D eigenvalue weighted by atomic mass is 16.5. The maximum atomic E-state index is 10.3. The summed E-state index contributed by atoms with van der Waals surface area (Å²) < 4.78 is 10.9. The summed E-state index contributed by atoms with van der Waals surface area (Å²) >= 11 is 0. The zero-order valence-corrected chi connectivity index (χ0v) is 10.6. The van der Waals surface area contributed by atoms with E-state index in [9.17, 15) is 5.11 Å². The van der Waals surface area contributed by atoms with Gasteiger partial charge in [0.05, 0.1) is 0 Å². The van der Waals surface area contributed by atoms with Crippen molar-refractivity contribution in [3.63, 3.8) is 0 Å². The Labute approximate surface area is 106 Å². The van der Waals surface area contributed by atoms with E-state index < -0.39 is 5.60 Å². The first-order chi connectivity index (χ1) is 8.73. The van der Waals surface area contributed by atoms with Gasteiger partial charge in [-0.1, -0.05) is 5.16 Å². The molecule has 2 heterocycles. The van der Waals surface area contributed by atoms with Gasteiger partial charge in [-0.25, -0.2) is 0 Å². The van der Waals surface area contributed by atoms with Crippen LogP contribution in [0.15, 0.2) is 4.52 Å². The number of hydrogen-bond acceptors (Lipinski definition) is 6. The molecule has 3 rings (SSSR count). The Morgan fingerprint density at radius 2 is 2.44 bits per heavy atom. The van der Waals surface area contributed by atoms with Gasteiger partial charge in [-0.2, -0.15) is 4.98 Å². The Balaban J connectivity index is 1.79. The van der Waals surface area contributed by atoms with Crippen molar-refractivity contribution in [1.29, 1.82) is 0 Å². The summed E-state index contributed by atoms with van der Waals surface area (Å²) in [6.07, 6.45) is 2.84. The lowest BCUT2D eigenvalue weighted by atomic mass is 10.0. The molecule has 1 aliphatic carbocycles. The van der Waals surface area contributed by atoms with Crippen molar-refractivity contribution in [1.82, 2.24) is 15.5 Å². The summed E-state index contributed by atoms with van der Waals surface area (Å²) in [4.78, 5) is 4.35. The highest BCUT2D eigenvalue weighted by molar-refractivity contribution is 5.06. The van der Waals surface area contributed by atoms with E-state index in [0.29, 0.717) is 37.2 Å². The summed E-state index contributed by atoms with van der Waals surface area (Å²) in [6.45, 7) is 3.84. The number of aromatic nitrogens is 2. The van der Waals surface area contributed by atoms with Gasteiger partial charge in [0.25, 0.3) is 5.89 Å². The fourth-order valence-corrected chi connectivity index (χ4v) is 2.40. The molecule has 1 saturated heterocycles. The van der Waals surface area contributed by atoms with Crippen LogP contribution < -0.4 is 5.32 Å². The molecular formula is C12H19N3O3. The van der Waals surface area contributed by atoms with Crippen molar-refractivity contribution < 1.29 is 14.4 Å². The quantitative estimate of drug-likeness (QED) is 0.805. The van der Waals surface area contributed by atoms with Crippen LogP contribution in [0.25, 0.3) is 0 Å². The van der Waals surface area contributed by atoms with Crippen LogP contribution in [0, 0.1) is 5.92 Å². The van der Waals surface area contributed by atoms with Gasteiger partial charge in [-0.05, 0) is 38.6 Å². The number of nitrogens with zero attached hydrogens (tertiary/aromatic N) is 2. The van der Waals surface area contributed by atoms with Crippen molar-refractivity contribution in [2.24, 2.45) is 5.92 Å². The largest absolute Gasteiger partial charge is 0.379 e. The first kappa shape index (κ1) is 12.1. The third kappa shape index (κ3) is 2.15. The van der Waals surface area contributed by atoms with Crippen molar-refractivity contribution in [2.75, 3.05) is 19.7 Å². The Bertz CT molecular complexity index is 410. The molecule has 1 aromatic rings. The molecule has 100 valence electrons. The third-order valence-corrected chi connectivity index (χ3v) is 3.62. The second-order valence-corrected chi connectivity index (χ2v) is 5.13. The van der Waals surface area contributed by atoms with E-state index >= 15 is 0 Å². The molecule has 0 spiro atoms. The molecule has 6 heteroatoms. The van der Waals surface area contributed by atoms with Crippen molar-refractivity contribution >= 4 is 0 Å². The Morgan fingerprint density at radius 1 is 1.61 bits per heavy atom. The molecule has 2 aliphatic rings. The number of hydrogen-bond donors (Lipinski definition) is 2. The summed E-state index contributed by atoms with van der Waals surface area (Å²) in [5, 5.41) is 17.4. The van der Waals surface area contributed by atoms with Crippen LogP contribution in [-0.2, 0) is 10.3 Å². The minimum atomic E-state index is -1.01. The zero-order valence-electron chi connectivity index (χ0n) is 10.6. The van der Waals surface area contributed by atoms with E-state index in [1.165, 1.54) is 0 Å². The number of rotatable bonds is 5. The molecular weight excluding hydrogens is 234 g/mol. The summed E-state index contributed by atoms with van der Waals surface area (Å²) in [5.74, 6) is 1.40. The molecule has 1 saturated carbocycles. The summed E-state index contributed by atoms with van der Waals surface area (Å²) in [6, 6.07) is 0. The standard InChI is InChI=1S/C12H19N3O3/c1-2-17-9(8-3-4-8)10-14-11(18-15-10)12(16)5-6-13-7-12/h8-9,13,16H,2-7H2,1H3. The maximum Gasteiger partial charge on any atom is 0.260 e.